The molecule has 5 nitrogen and oxygen atoms in total. The average Bonchev–Trinajstić information content (AvgIpc) is 2.74. The third kappa shape index (κ3) is 2.88. The molecule has 1 N–H and O–H groups in total. The highest BCUT2D eigenvalue weighted by Gasteiger charge is 2.08. The second kappa shape index (κ2) is 5.35. The van der Waals surface area contributed by atoms with Gasteiger partial charge in [0, 0.05) is 23.6 Å². The SMILES string of the molecule is CCSCC(C)Nc1cc(C)nc2ncnn12. The van der Waals surface area contributed by atoms with Crippen molar-refractivity contribution >= 4 is 23.4 Å². The Morgan fingerprint density at radius 2 is 2.35 bits per heavy atom. The fourth-order valence-corrected chi connectivity index (χ4v) is 2.29. The normalized spacial score (nSPS) is 12.9. The number of aryl methyl sites for hydroxylation is 1. The van der Waals surface area contributed by atoms with Crippen LogP contribution >= 0.6 is 11.8 Å². The maximum absolute atomic E-state index is 4.31. The maximum Gasteiger partial charge on any atom is 0.254 e. The van der Waals surface area contributed by atoms with Crippen molar-refractivity contribution in [2.75, 3.05) is 16.8 Å². The Kier molecular flexibility index (Phi) is 3.83. The van der Waals surface area contributed by atoms with Crippen molar-refractivity contribution in [3.05, 3.63) is 18.1 Å². The molecule has 0 aliphatic rings. The minimum absolute atomic E-state index is 0.397. The molecule has 0 aliphatic heterocycles. The molecule has 2 aromatic heterocycles. The highest BCUT2D eigenvalue weighted by Crippen LogP contribution is 2.13. The highest BCUT2D eigenvalue weighted by molar-refractivity contribution is 7.99. The van der Waals surface area contributed by atoms with Gasteiger partial charge in [-0.05, 0) is 19.6 Å². The van der Waals surface area contributed by atoms with E-state index in [1.165, 1.54) is 6.33 Å². The van der Waals surface area contributed by atoms with Crippen molar-refractivity contribution in [1.82, 2.24) is 19.6 Å². The van der Waals surface area contributed by atoms with E-state index in [1.54, 1.807) is 4.52 Å². The summed E-state index contributed by atoms with van der Waals surface area (Å²) in [5, 5.41) is 7.61. The number of hydrogen-bond acceptors (Lipinski definition) is 5. The first kappa shape index (κ1) is 12.2. The average molecular weight is 251 g/mol. The first-order chi connectivity index (χ1) is 8.20. The Morgan fingerprint density at radius 1 is 1.53 bits per heavy atom. The van der Waals surface area contributed by atoms with Crippen LogP contribution in [0.4, 0.5) is 5.82 Å². The zero-order valence-electron chi connectivity index (χ0n) is 10.3. The summed E-state index contributed by atoms with van der Waals surface area (Å²) < 4.78 is 1.74. The van der Waals surface area contributed by atoms with Gasteiger partial charge in [0.05, 0.1) is 0 Å². The van der Waals surface area contributed by atoms with Crippen molar-refractivity contribution in [2.24, 2.45) is 0 Å². The van der Waals surface area contributed by atoms with Crippen LogP contribution in [0.5, 0.6) is 0 Å². The smallest absolute Gasteiger partial charge is 0.254 e. The van der Waals surface area contributed by atoms with Gasteiger partial charge < -0.3 is 5.32 Å². The summed E-state index contributed by atoms with van der Waals surface area (Å²) in [6, 6.07) is 2.39. The summed E-state index contributed by atoms with van der Waals surface area (Å²) in [5.74, 6) is 3.81. The number of hydrogen-bond donors (Lipinski definition) is 1. The molecule has 17 heavy (non-hydrogen) atoms. The zero-order chi connectivity index (χ0) is 12.3. The first-order valence-corrected chi connectivity index (χ1v) is 6.88. The molecule has 92 valence electrons. The lowest BCUT2D eigenvalue weighted by atomic mass is 10.3. The van der Waals surface area contributed by atoms with Crippen LogP contribution in [0.2, 0.25) is 0 Å². The maximum atomic E-state index is 4.31. The highest BCUT2D eigenvalue weighted by atomic mass is 32.2. The van der Waals surface area contributed by atoms with Crippen molar-refractivity contribution in [2.45, 2.75) is 26.8 Å². The minimum Gasteiger partial charge on any atom is -0.367 e. The molecule has 6 heteroatoms. The van der Waals surface area contributed by atoms with Crippen LogP contribution in [-0.2, 0) is 0 Å². The third-order valence-electron chi connectivity index (χ3n) is 2.35. The van der Waals surface area contributed by atoms with Crippen molar-refractivity contribution in [3.8, 4) is 0 Å². The number of thioether (sulfide) groups is 1. The number of rotatable bonds is 5. The second-order valence-electron chi connectivity index (χ2n) is 3.96. The van der Waals surface area contributed by atoms with Crippen LogP contribution in [0.15, 0.2) is 12.4 Å². The summed E-state index contributed by atoms with van der Waals surface area (Å²) in [6.45, 7) is 6.30. The summed E-state index contributed by atoms with van der Waals surface area (Å²) in [4.78, 5) is 8.42. The van der Waals surface area contributed by atoms with Crippen LogP contribution < -0.4 is 5.32 Å². The molecule has 0 aromatic carbocycles. The van der Waals surface area contributed by atoms with Crippen molar-refractivity contribution in [3.63, 3.8) is 0 Å². The number of anilines is 1. The van der Waals surface area contributed by atoms with Gasteiger partial charge in [-0.1, -0.05) is 6.92 Å². The molecule has 0 saturated carbocycles. The van der Waals surface area contributed by atoms with Gasteiger partial charge in [-0.3, -0.25) is 0 Å². The third-order valence-corrected chi connectivity index (χ3v) is 3.49. The zero-order valence-corrected chi connectivity index (χ0v) is 11.2. The molecule has 0 saturated heterocycles. The number of aromatic nitrogens is 4. The summed E-state index contributed by atoms with van der Waals surface area (Å²) in [6.07, 6.45) is 1.53. The Balaban J connectivity index is 2.19. The van der Waals surface area contributed by atoms with Crippen molar-refractivity contribution in [1.29, 1.82) is 0 Å². The molecule has 0 bridgehead atoms. The van der Waals surface area contributed by atoms with Crippen LogP contribution in [0.3, 0.4) is 0 Å². The van der Waals surface area contributed by atoms with Crippen LogP contribution in [0.25, 0.3) is 5.78 Å². The van der Waals surface area contributed by atoms with Gasteiger partial charge in [-0.2, -0.15) is 26.4 Å². The second-order valence-corrected chi connectivity index (χ2v) is 5.28. The molecule has 2 heterocycles. The molecule has 0 spiro atoms. The lowest BCUT2D eigenvalue weighted by Gasteiger charge is -2.15. The minimum atomic E-state index is 0.397. The Morgan fingerprint density at radius 3 is 3.12 bits per heavy atom. The molecule has 0 aliphatic carbocycles. The van der Waals surface area contributed by atoms with E-state index in [0.29, 0.717) is 11.8 Å². The Hall–Kier alpha value is -1.30. The van der Waals surface area contributed by atoms with E-state index in [4.69, 9.17) is 0 Å². The van der Waals surface area contributed by atoms with Crippen molar-refractivity contribution < 1.29 is 0 Å². The van der Waals surface area contributed by atoms with Gasteiger partial charge in [-0.25, -0.2) is 4.98 Å². The molecule has 0 fully saturated rings. The molecule has 0 amide bonds. The quantitative estimate of drug-likeness (QED) is 0.880. The van der Waals surface area contributed by atoms with E-state index in [1.807, 2.05) is 24.8 Å². The van der Waals surface area contributed by atoms with Crippen LogP contribution in [0, 0.1) is 6.92 Å². The van der Waals surface area contributed by atoms with Gasteiger partial charge in [0.25, 0.3) is 5.78 Å². The van der Waals surface area contributed by atoms with E-state index in [9.17, 15) is 0 Å². The molecule has 1 atom stereocenters. The van der Waals surface area contributed by atoms with Gasteiger partial charge in [0.15, 0.2) is 0 Å². The lowest BCUT2D eigenvalue weighted by molar-refractivity contribution is 0.855. The van der Waals surface area contributed by atoms with Crippen LogP contribution in [-0.4, -0.2) is 37.1 Å². The predicted octanol–water partition coefficient (Wildman–Crippen LogP) is 1.99. The Labute approximate surface area is 105 Å². The predicted molar refractivity (Wildman–Crippen MR) is 71.6 cm³/mol. The summed E-state index contributed by atoms with van der Waals surface area (Å²) in [7, 11) is 0. The molecule has 2 rings (SSSR count). The summed E-state index contributed by atoms with van der Waals surface area (Å²) >= 11 is 1.92. The first-order valence-electron chi connectivity index (χ1n) is 5.72. The topological polar surface area (TPSA) is 55.1 Å². The number of nitrogens with one attached hydrogen (secondary N) is 1. The van der Waals surface area contributed by atoms with Crippen LogP contribution in [0.1, 0.15) is 19.5 Å². The van der Waals surface area contributed by atoms with E-state index in [2.05, 4.69) is 34.2 Å². The largest absolute Gasteiger partial charge is 0.367 e. The molecule has 0 radical (unpaired) electrons. The van der Waals surface area contributed by atoms with Gasteiger partial charge in [0.2, 0.25) is 0 Å². The number of fused-ring (bicyclic) bond motifs is 1. The fraction of sp³-hybridized carbons (Fsp3) is 0.545. The fourth-order valence-electron chi connectivity index (χ4n) is 1.62. The van der Waals surface area contributed by atoms with Gasteiger partial charge in [0.1, 0.15) is 12.1 Å². The van der Waals surface area contributed by atoms with Gasteiger partial charge >= 0.3 is 0 Å². The van der Waals surface area contributed by atoms with E-state index < -0.39 is 0 Å². The standard InChI is InChI=1S/C11H17N5S/c1-4-17-6-9(3)14-10-5-8(2)15-11-12-7-13-16(10)11/h5,7,9,14H,4,6H2,1-3H3. The number of nitrogens with zero attached hydrogens (tertiary/aromatic N) is 4. The van der Waals surface area contributed by atoms with E-state index in [-0.39, 0.29) is 0 Å². The van der Waals surface area contributed by atoms with E-state index >= 15 is 0 Å². The lowest BCUT2D eigenvalue weighted by Crippen LogP contribution is -2.20. The molecular formula is C11H17N5S. The van der Waals surface area contributed by atoms with Gasteiger partial charge in [-0.15, -0.1) is 0 Å². The summed E-state index contributed by atoms with van der Waals surface area (Å²) in [5.41, 5.74) is 0.948. The monoisotopic (exact) mass is 251 g/mol. The Bertz CT molecular complexity index is 496. The molecular weight excluding hydrogens is 234 g/mol. The van der Waals surface area contributed by atoms with E-state index in [0.717, 1.165) is 23.0 Å². The molecule has 1 unspecified atom stereocenters. The molecule has 2 aromatic rings.